The van der Waals surface area contributed by atoms with Crippen molar-refractivity contribution >= 4 is 11.9 Å². The molecule has 0 saturated heterocycles. The monoisotopic (exact) mass is 244 g/mol. The molecular formula is C13H24O4. The van der Waals surface area contributed by atoms with Gasteiger partial charge in [-0.25, -0.2) is 0 Å². The second-order valence-electron chi connectivity index (χ2n) is 4.31. The van der Waals surface area contributed by atoms with Crippen molar-refractivity contribution < 1.29 is 19.4 Å². The molecule has 0 aromatic carbocycles. The molecule has 0 spiro atoms. The van der Waals surface area contributed by atoms with E-state index < -0.39 is 17.4 Å². The standard InChI is InChI=1S/C13H24O4/c1-4-7-8-10-13(9-5-2,11(14)15)12(16)17-6-3/h4-10H2,1-3H3,(H,14,15). The van der Waals surface area contributed by atoms with Gasteiger partial charge in [-0.15, -0.1) is 0 Å². The van der Waals surface area contributed by atoms with Crippen molar-refractivity contribution in [3.05, 3.63) is 0 Å². The molecule has 100 valence electrons. The SMILES string of the molecule is CCCCCC(CCC)(C(=O)O)C(=O)OCC. The van der Waals surface area contributed by atoms with E-state index >= 15 is 0 Å². The predicted molar refractivity (Wildman–Crippen MR) is 65.8 cm³/mol. The Kier molecular flexibility index (Phi) is 7.59. The smallest absolute Gasteiger partial charge is 0.323 e. The normalized spacial score (nSPS) is 14.1. The van der Waals surface area contributed by atoms with E-state index in [-0.39, 0.29) is 6.61 Å². The van der Waals surface area contributed by atoms with Crippen LogP contribution in [0.4, 0.5) is 0 Å². The molecule has 0 radical (unpaired) electrons. The fourth-order valence-electron chi connectivity index (χ4n) is 2.00. The van der Waals surface area contributed by atoms with Gasteiger partial charge >= 0.3 is 11.9 Å². The van der Waals surface area contributed by atoms with Crippen LogP contribution in [0.2, 0.25) is 0 Å². The van der Waals surface area contributed by atoms with Crippen molar-refractivity contribution in [1.82, 2.24) is 0 Å². The summed E-state index contributed by atoms with van der Waals surface area (Å²) in [6, 6.07) is 0. The Morgan fingerprint density at radius 1 is 1.06 bits per heavy atom. The summed E-state index contributed by atoms with van der Waals surface area (Å²) < 4.78 is 4.93. The molecule has 0 amide bonds. The maximum absolute atomic E-state index is 11.9. The summed E-state index contributed by atoms with van der Waals surface area (Å²) in [5.41, 5.74) is -1.33. The molecule has 1 unspecified atom stereocenters. The minimum absolute atomic E-state index is 0.228. The lowest BCUT2D eigenvalue weighted by atomic mass is 9.78. The molecule has 0 rings (SSSR count). The van der Waals surface area contributed by atoms with Crippen molar-refractivity contribution in [2.45, 2.75) is 59.3 Å². The maximum Gasteiger partial charge on any atom is 0.323 e. The number of carbonyl (C=O) groups excluding carboxylic acids is 1. The van der Waals surface area contributed by atoms with Crippen LogP contribution in [0.15, 0.2) is 0 Å². The lowest BCUT2D eigenvalue weighted by Gasteiger charge is -2.26. The van der Waals surface area contributed by atoms with E-state index in [4.69, 9.17) is 4.74 Å². The van der Waals surface area contributed by atoms with E-state index in [1.54, 1.807) is 6.92 Å². The Balaban J connectivity index is 4.84. The second kappa shape index (κ2) is 8.09. The number of carbonyl (C=O) groups is 2. The number of esters is 1. The average molecular weight is 244 g/mol. The van der Waals surface area contributed by atoms with Gasteiger partial charge in [-0.1, -0.05) is 39.5 Å². The first-order valence-corrected chi connectivity index (χ1v) is 6.45. The van der Waals surface area contributed by atoms with Crippen LogP contribution in [0.5, 0.6) is 0 Å². The number of aliphatic carboxylic acids is 1. The third-order valence-corrected chi connectivity index (χ3v) is 2.96. The van der Waals surface area contributed by atoms with Gasteiger partial charge in [0, 0.05) is 0 Å². The summed E-state index contributed by atoms with van der Waals surface area (Å²) in [7, 11) is 0. The zero-order valence-corrected chi connectivity index (χ0v) is 11.1. The molecule has 0 bridgehead atoms. The number of rotatable bonds is 9. The van der Waals surface area contributed by atoms with Crippen LogP contribution >= 0.6 is 0 Å². The van der Waals surface area contributed by atoms with Crippen LogP contribution < -0.4 is 0 Å². The summed E-state index contributed by atoms with van der Waals surface area (Å²) in [5.74, 6) is -1.63. The van der Waals surface area contributed by atoms with Gasteiger partial charge in [0.15, 0.2) is 5.41 Å². The highest BCUT2D eigenvalue weighted by atomic mass is 16.5. The fourth-order valence-corrected chi connectivity index (χ4v) is 2.00. The Morgan fingerprint density at radius 2 is 1.71 bits per heavy atom. The highest BCUT2D eigenvalue weighted by Gasteiger charge is 2.46. The third-order valence-electron chi connectivity index (χ3n) is 2.96. The first-order valence-electron chi connectivity index (χ1n) is 6.45. The highest BCUT2D eigenvalue weighted by molar-refractivity contribution is 5.99. The van der Waals surface area contributed by atoms with E-state index in [1.165, 1.54) is 0 Å². The van der Waals surface area contributed by atoms with Crippen molar-refractivity contribution in [3.8, 4) is 0 Å². The Bertz CT molecular complexity index is 250. The molecule has 0 heterocycles. The van der Waals surface area contributed by atoms with E-state index in [0.717, 1.165) is 19.3 Å². The van der Waals surface area contributed by atoms with Crippen molar-refractivity contribution in [3.63, 3.8) is 0 Å². The maximum atomic E-state index is 11.9. The number of unbranched alkanes of at least 4 members (excludes halogenated alkanes) is 2. The minimum atomic E-state index is -1.33. The third kappa shape index (κ3) is 4.36. The number of hydrogen-bond acceptors (Lipinski definition) is 3. The van der Waals surface area contributed by atoms with Gasteiger partial charge < -0.3 is 9.84 Å². The van der Waals surface area contributed by atoms with E-state index in [0.29, 0.717) is 19.3 Å². The second-order valence-corrected chi connectivity index (χ2v) is 4.31. The molecule has 0 fully saturated rings. The number of carboxylic acid groups (broad SMARTS) is 1. The first-order chi connectivity index (χ1) is 8.05. The van der Waals surface area contributed by atoms with Gasteiger partial charge in [-0.05, 0) is 19.8 Å². The predicted octanol–water partition coefficient (Wildman–Crippen LogP) is 3.00. The van der Waals surface area contributed by atoms with Gasteiger partial charge in [0.05, 0.1) is 6.61 Å². The zero-order chi connectivity index (χ0) is 13.3. The van der Waals surface area contributed by atoms with Gasteiger partial charge in [0.25, 0.3) is 0 Å². The largest absolute Gasteiger partial charge is 0.480 e. The molecule has 0 aromatic rings. The molecule has 0 aliphatic rings. The molecule has 4 nitrogen and oxygen atoms in total. The van der Waals surface area contributed by atoms with Gasteiger partial charge in [-0.2, -0.15) is 0 Å². The molecule has 1 atom stereocenters. The minimum Gasteiger partial charge on any atom is -0.480 e. The summed E-state index contributed by atoms with van der Waals surface area (Å²) in [6.45, 7) is 5.86. The van der Waals surface area contributed by atoms with E-state index in [9.17, 15) is 14.7 Å². The zero-order valence-electron chi connectivity index (χ0n) is 11.1. The average Bonchev–Trinajstić information content (AvgIpc) is 2.28. The van der Waals surface area contributed by atoms with E-state index in [1.807, 2.05) is 13.8 Å². The fraction of sp³-hybridized carbons (Fsp3) is 0.846. The van der Waals surface area contributed by atoms with Crippen molar-refractivity contribution in [1.29, 1.82) is 0 Å². The van der Waals surface area contributed by atoms with Gasteiger partial charge in [0.1, 0.15) is 0 Å². The first kappa shape index (κ1) is 15.9. The van der Waals surface area contributed by atoms with Crippen LogP contribution in [0.25, 0.3) is 0 Å². The van der Waals surface area contributed by atoms with Crippen LogP contribution in [0, 0.1) is 5.41 Å². The number of carboxylic acids is 1. The van der Waals surface area contributed by atoms with Gasteiger partial charge in [-0.3, -0.25) is 9.59 Å². The van der Waals surface area contributed by atoms with Crippen molar-refractivity contribution in [2.75, 3.05) is 6.61 Å². The van der Waals surface area contributed by atoms with Crippen LogP contribution in [-0.4, -0.2) is 23.7 Å². The van der Waals surface area contributed by atoms with Crippen LogP contribution in [0.3, 0.4) is 0 Å². The lowest BCUT2D eigenvalue weighted by Crippen LogP contribution is -2.40. The summed E-state index contributed by atoms with van der Waals surface area (Å²) >= 11 is 0. The van der Waals surface area contributed by atoms with Crippen molar-refractivity contribution in [2.24, 2.45) is 5.41 Å². The molecule has 4 heteroatoms. The summed E-state index contributed by atoms with van der Waals surface area (Å²) in [4.78, 5) is 23.3. The highest BCUT2D eigenvalue weighted by Crippen LogP contribution is 2.33. The molecule has 0 aliphatic heterocycles. The molecular weight excluding hydrogens is 220 g/mol. The Hall–Kier alpha value is -1.06. The summed E-state index contributed by atoms with van der Waals surface area (Å²) in [6.07, 6.45) is 4.09. The molecule has 1 N–H and O–H groups in total. The Morgan fingerprint density at radius 3 is 2.12 bits per heavy atom. The molecule has 0 aromatic heterocycles. The Labute approximate surface area is 103 Å². The number of ether oxygens (including phenoxy) is 1. The topological polar surface area (TPSA) is 63.6 Å². The van der Waals surface area contributed by atoms with Crippen LogP contribution in [-0.2, 0) is 14.3 Å². The van der Waals surface area contributed by atoms with E-state index in [2.05, 4.69) is 0 Å². The molecule has 0 aliphatic carbocycles. The molecule has 17 heavy (non-hydrogen) atoms. The molecule has 0 saturated carbocycles. The summed E-state index contributed by atoms with van der Waals surface area (Å²) in [5, 5.41) is 9.35. The quantitative estimate of drug-likeness (QED) is 0.385. The van der Waals surface area contributed by atoms with Crippen LogP contribution in [0.1, 0.15) is 59.3 Å². The number of hydrogen-bond donors (Lipinski definition) is 1. The van der Waals surface area contributed by atoms with Gasteiger partial charge in [0.2, 0.25) is 0 Å². The lowest BCUT2D eigenvalue weighted by molar-refractivity contribution is -0.170.